The first-order valence-electron chi connectivity index (χ1n) is 10.8. The Morgan fingerprint density at radius 2 is 2.00 bits per heavy atom. The molecule has 0 bridgehead atoms. The van der Waals surface area contributed by atoms with Crippen molar-refractivity contribution in [3.8, 4) is 5.75 Å². The Balaban J connectivity index is 1.59. The van der Waals surface area contributed by atoms with E-state index in [2.05, 4.69) is 10.3 Å². The second-order valence-corrected chi connectivity index (χ2v) is 8.85. The molecular weight excluding hydrogens is 408 g/mol. The summed E-state index contributed by atoms with van der Waals surface area (Å²) in [4.78, 5) is 28.2. The van der Waals surface area contributed by atoms with Gasteiger partial charge in [-0.05, 0) is 57.7 Å². The number of methoxy groups -OCH3 is 1. The molecule has 0 aliphatic heterocycles. The van der Waals surface area contributed by atoms with Gasteiger partial charge in [-0.25, -0.2) is 4.98 Å². The first-order valence-corrected chi connectivity index (χ1v) is 10.8. The lowest BCUT2D eigenvalue weighted by Gasteiger charge is -2.25. The molecule has 32 heavy (non-hydrogen) atoms. The summed E-state index contributed by atoms with van der Waals surface area (Å²) in [7, 11) is 1.54. The number of aliphatic hydroxyl groups is 1. The Hall–Kier alpha value is -3.26. The molecule has 8 heteroatoms. The van der Waals surface area contributed by atoms with Crippen molar-refractivity contribution in [2.45, 2.75) is 51.2 Å². The molecule has 2 aromatic heterocycles. The molecular formula is C24H28N4O4. The van der Waals surface area contributed by atoms with Gasteiger partial charge in [-0.15, -0.1) is 0 Å². The average Bonchev–Trinajstić information content (AvgIpc) is 3.21. The van der Waals surface area contributed by atoms with Crippen molar-refractivity contribution in [1.82, 2.24) is 14.8 Å². The second-order valence-electron chi connectivity index (χ2n) is 8.85. The van der Waals surface area contributed by atoms with E-state index in [0.29, 0.717) is 17.1 Å². The molecule has 1 aliphatic carbocycles. The first kappa shape index (κ1) is 22.0. The molecule has 0 radical (unpaired) electrons. The summed E-state index contributed by atoms with van der Waals surface area (Å²) in [5.74, 6) is 0.259. The number of aldehydes is 1. The van der Waals surface area contributed by atoms with Crippen LogP contribution in [0.2, 0.25) is 0 Å². The van der Waals surface area contributed by atoms with Gasteiger partial charge < -0.3 is 20.0 Å². The Bertz CT molecular complexity index is 1140. The predicted octanol–water partition coefficient (Wildman–Crippen LogP) is 3.85. The summed E-state index contributed by atoms with van der Waals surface area (Å²) >= 11 is 0. The third-order valence-electron chi connectivity index (χ3n) is 6.01. The number of amides is 1. The van der Waals surface area contributed by atoms with Gasteiger partial charge in [0.05, 0.1) is 30.0 Å². The van der Waals surface area contributed by atoms with Gasteiger partial charge >= 0.3 is 0 Å². The fraction of sp³-hybridized carbons (Fsp3) is 0.417. The summed E-state index contributed by atoms with van der Waals surface area (Å²) in [6, 6.07) is 8.88. The number of ether oxygens (including phenoxy) is 1. The number of anilines is 1. The van der Waals surface area contributed by atoms with Crippen molar-refractivity contribution in [3.63, 3.8) is 0 Å². The number of carbonyl (C=O) groups is 2. The molecule has 1 amide bonds. The number of nitrogens with zero attached hydrogens (tertiary/aromatic N) is 3. The van der Waals surface area contributed by atoms with E-state index < -0.39 is 11.5 Å². The van der Waals surface area contributed by atoms with Crippen molar-refractivity contribution in [1.29, 1.82) is 0 Å². The van der Waals surface area contributed by atoms with E-state index in [1.165, 1.54) is 0 Å². The Morgan fingerprint density at radius 1 is 1.25 bits per heavy atom. The third kappa shape index (κ3) is 4.50. The van der Waals surface area contributed by atoms with Crippen molar-refractivity contribution in [3.05, 3.63) is 47.9 Å². The van der Waals surface area contributed by atoms with Crippen LogP contribution in [0.5, 0.6) is 5.75 Å². The van der Waals surface area contributed by atoms with E-state index in [1.54, 1.807) is 45.2 Å². The van der Waals surface area contributed by atoms with Crippen LogP contribution >= 0.6 is 0 Å². The van der Waals surface area contributed by atoms with E-state index in [4.69, 9.17) is 9.84 Å². The number of rotatable bonds is 6. The van der Waals surface area contributed by atoms with E-state index in [1.807, 2.05) is 16.9 Å². The molecule has 1 saturated carbocycles. The molecule has 4 rings (SSSR count). The molecule has 8 nitrogen and oxygen atoms in total. The van der Waals surface area contributed by atoms with Crippen LogP contribution in [0.15, 0.2) is 36.5 Å². The fourth-order valence-electron chi connectivity index (χ4n) is 4.12. The summed E-state index contributed by atoms with van der Waals surface area (Å²) < 4.78 is 7.45. The number of carbonyl (C=O) groups excluding carboxylic acids is 2. The number of aromatic nitrogens is 3. The van der Waals surface area contributed by atoms with Gasteiger partial charge in [-0.1, -0.05) is 6.07 Å². The highest BCUT2D eigenvalue weighted by Gasteiger charge is 2.24. The number of nitrogens with one attached hydrogen (secondary N) is 1. The predicted molar refractivity (Wildman–Crippen MR) is 121 cm³/mol. The van der Waals surface area contributed by atoms with Crippen LogP contribution in [0.3, 0.4) is 0 Å². The van der Waals surface area contributed by atoms with Crippen LogP contribution < -0.4 is 10.1 Å². The van der Waals surface area contributed by atoms with Crippen molar-refractivity contribution in [2.24, 2.45) is 5.92 Å². The van der Waals surface area contributed by atoms with Crippen LogP contribution in [-0.4, -0.2) is 39.2 Å². The fourth-order valence-corrected chi connectivity index (χ4v) is 4.12. The molecule has 0 spiro atoms. The molecule has 2 heterocycles. The van der Waals surface area contributed by atoms with E-state index in [-0.39, 0.29) is 17.7 Å². The number of pyridine rings is 1. The maximum atomic E-state index is 12.8. The Labute approximate surface area is 186 Å². The SMILES string of the molecule is COc1cc2nn([C@H]3CC[C@H](C=O)CC3)cc2cc1NC(=O)c1cccc(C(C)(C)O)n1. The van der Waals surface area contributed by atoms with Gasteiger partial charge in [-0.2, -0.15) is 5.10 Å². The molecule has 0 atom stereocenters. The van der Waals surface area contributed by atoms with E-state index in [9.17, 15) is 14.7 Å². The molecule has 0 saturated heterocycles. The quantitative estimate of drug-likeness (QED) is 0.569. The normalized spacial score (nSPS) is 19.0. The summed E-state index contributed by atoms with van der Waals surface area (Å²) in [5, 5.41) is 18.6. The largest absolute Gasteiger partial charge is 0.494 e. The second kappa shape index (κ2) is 8.70. The minimum Gasteiger partial charge on any atom is -0.494 e. The highest BCUT2D eigenvalue weighted by Crippen LogP contribution is 2.34. The lowest BCUT2D eigenvalue weighted by atomic mass is 9.87. The molecule has 1 aliphatic rings. The highest BCUT2D eigenvalue weighted by molar-refractivity contribution is 6.05. The first-order chi connectivity index (χ1) is 15.3. The number of fused-ring (bicyclic) bond motifs is 1. The maximum absolute atomic E-state index is 12.8. The summed E-state index contributed by atoms with van der Waals surface area (Å²) in [6.45, 7) is 3.24. The molecule has 0 unspecified atom stereocenters. The van der Waals surface area contributed by atoms with Gasteiger partial charge in [0, 0.05) is 23.6 Å². The average molecular weight is 437 g/mol. The molecule has 2 N–H and O–H groups in total. The highest BCUT2D eigenvalue weighted by atomic mass is 16.5. The zero-order valence-electron chi connectivity index (χ0n) is 18.5. The van der Waals surface area contributed by atoms with Gasteiger partial charge in [0.25, 0.3) is 5.91 Å². The lowest BCUT2D eigenvalue weighted by molar-refractivity contribution is -0.112. The van der Waals surface area contributed by atoms with Crippen molar-refractivity contribution >= 4 is 28.8 Å². The zero-order chi connectivity index (χ0) is 22.9. The number of benzene rings is 1. The minimum absolute atomic E-state index is 0.154. The third-order valence-corrected chi connectivity index (χ3v) is 6.01. The standard InChI is InChI=1S/C24H28N4O4/c1-24(2,31)22-6-4-5-18(25-22)23(30)26-20-11-16-13-28(27-19(16)12-21(20)32-3)17-9-7-15(14-29)8-10-17/h4-6,11-15,17,31H,7-10H2,1-3H3,(H,26,30)/t15-,17-. The van der Waals surface area contributed by atoms with Crippen molar-refractivity contribution in [2.75, 3.05) is 12.4 Å². The Kier molecular flexibility index (Phi) is 5.97. The van der Waals surface area contributed by atoms with E-state index in [0.717, 1.165) is 42.9 Å². The van der Waals surface area contributed by atoms with Gasteiger partial charge in [0.15, 0.2) is 0 Å². The van der Waals surface area contributed by atoms with Crippen LogP contribution in [0.1, 0.15) is 61.8 Å². The Morgan fingerprint density at radius 3 is 2.66 bits per heavy atom. The van der Waals surface area contributed by atoms with Crippen LogP contribution in [0.4, 0.5) is 5.69 Å². The summed E-state index contributed by atoms with van der Waals surface area (Å²) in [6.07, 6.45) is 6.63. The van der Waals surface area contributed by atoms with Gasteiger partial charge in [0.2, 0.25) is 0 Å². The van der Waals surface area contributed by atoms with Crippen LogP contribution in [0, 0.1) is 5.92 Å². The van der Waals surface area contributed by atoms with Crippen LogP contribution in [-0.2, 0) is 10.4 Å². The molecule has 1 fully saturated rings. The maximum Gasteiger partial charge on any atom is 0.274 e. The molecule has 3 aromatic rings. The zero-order valence-corrected chi connectivity index (χ0v) is 18.5. The summed E-state index contributed by atoms with van der Waals surface area (Å²) in [5.41, 5.74) is 0.767. The van der Waals surface area contributed by atoms with Crippen LogP contribution in [0.25, 0.3) is 10.9 Å². The van der Waals surface area contributed by atoms with Crippen molar-refractivity contribution < 1.29 is 19.4 Å². The monoisotopic (exact) mass is 436 g/mol. The van der Waals surface area contributed by atoms with Gasteiger partial charge in [0.1, 0.15) is 23.3 Å². The number of hydrogen-bond acceptors (Lipinski definition) is 6. The van der Waals surface area contributed by atoms with Gasteiger partial charge in [-0.3, -0.25) is 9.48 Å². The lowest BCUT2D eigenvalue weighted by Crippen LogP contribution is -2.21. The topological polar surface area (TPSA) is 106 Å². The smallest absolute Gasteiger partial charge is 0.274 e. The van der Waals surface area contributed by atoms with E-state index >= 15 is 0 Å². The minimum atomic E-state index is -1.15. The number of hydrogen-bond donors (Lipinski definition) is 2. The molecule has 1 aromatic carbocycles. The molecule has 168 valence electrons.